The molecule has 1 unspecified atom stereocenters. The number of nitrogens with zero attached hydrogens (tertiary/aromatic N) is 1. The summed E-state index contributed by atoms with van der Waals surface area (Å²) in [4.78, 5) is 1.96. The van der Waals surface area contributed by atoms with Gasteiger partial charge < -0.3 is 15.7 Å². The topological polar surface area (TPSA) is 49.5 Å². The molecule has 0 radical (unpaired) electrons. The SMILES string of the molecule is NC1(CF)CCCN(c2ccccc2O)C1. The molecule has 1 fully saturated rings. The molecular formula is C12H17FN2O. The van der Waals surface area contributed by atoms with Gasteiger partial charge in [-0.05, 0) is 25.0 Å². The van der Waals surface area contributed by atoms with Gasteiger partial charge in [0.2, 0.25) is 0 Å². The standard InChI is InChI=1S/C12H17FN2O/c13-8-12(14)6-3-7-15(9-12)10-4-1-2-5-11(10)16/h1-2,4-5,16H,3,6-9,14H2. The third-order valence-corrected chi connectivity index (χ3v) is 3.10. The maximum atomic E-state index is 12.8. The van der Waals surface area contributed by atoms with Gasteiger partial charge in [0, 0.05) is 13.1 Å². The Morgan fingerprint density at radius 3 is 2.88 bits per heavy atom. The highest BCUT2D eigenvalue weighted by Gasteiger charge is 2.32. The second kappa shape index (κ2) is 4.29. The van der Waals surface area contributed by atoms with Gasteiger partial charge in [-0.15, -0.1) is 0 Å². The van der Waals surface area contributed by atoms with Crippen LogP contribution < -0.4 is 10.6 Å². The van der Waals surface area contributed by atoms with Gasteiger partial charge in [0.25, 0.3) is 0 Å². The van der Waals surface area contributed by atoms with Crippen LogP contribution in [0.1, 0.15) is 12.8 Å². The molecule has 3 nitrogen and oxygen atoms in total. The van der Waals surface area contributed by atoms with E-state index in [0.717, 1.165) is 18.7 Å². The van der Waals surface area contributed by atoms with E-state index >= 15 is 0 Å². The van der Waals surface area contributed by atoms with Crippen molar-refractivity contribution in [2.24, 2.45) is 5.73 Å². The summed E-state index contributed by atoms with van der Waals surface area (Å²) in [6, 6.07) is 7.10. The van der Waals surface area contributed by atoms with E-state index in [0.29, 0.717) is 13.0 Å². The molecule has 1 aromatic rings. The lowest BCUT2D eigenvalue weighted by Crippen LogP contribution is -2.56. The van der Waals surface area contributed by atoms with Gasteiger partial charge in [-0.2, -0.15) is 0 Å². The first-order valence-corrected chi connectivity index (χ1v) is 5.52. The van der Waals surface area contributed by atoms with Crippen molar-refractivity contribution in [3.05, 3.63) is 24.3 Å². The number of para-hydroxylation sites is 2. The smallest absolute Gasteiger partial charge is 0.138 e. The Morgan fingerprint density at radius 2 is 2.19 bits per heavy atom. The molecule has 0 spiro atoms. The van der Waals surface area contributed by atoms with Gasteiger partial charge in [-0.25, -0.2) is 4.39 Å². The van der Waals surface area contributed by atoms with Crippen LogP contribution in [0.2, 0.25) is 0 Å². The number of anilines is 1. The molecule has 3 N–H and O–H groups in total. The summed E-state index contributed by atoms with van der Waals surface area (Å²) < 4.78 is 12.8. The normalized spacial score (nSPS) is 25.8. The van der Waals surface area contributed by atoms with Crippen LogP contribution in [-0.4, -0.2) is 30.4 Å². The lowest BCUT2D eigenvalue weighted by molar-refractivity contribution is 0.264. The molecule has 0 aromatic heterocycles. The van der Waals surface area contributed by atoms with Gasteiger partial charge in [0.1, 0.15) is 12.4 Å². The molecule has 88 valence electrons. The van der Waals surface area contributed by atoms with Crippen LogP contribution in [0.5, 0.6) is 5.75 Å². The molecule has 0 aliphatic carbocycles. The molecule has 0 amide bonds. The molecule has 1 aromatic carbocycles. The van der Waals surface area contributed by atoms with Crippen LogP contribution in [-0.2, 0) is 0 Å². The minimum atomic E-state index is -0.763. The minimum absolute atomic E-state index is 0.227. The number of hydrogen-bond acceptors (Lipinski definition) is 3. The number of halogens is 1. The molecule has 1 aliphatic rings. The van der Waals surface area contributed by atoms with Crippen LogP contribution in [0.3, 0.4) is 0 Å². The second-order valence-corrected chi connectivity index (χ2v) is 4.51. The fourth-order valence-electron chi connectivity index (χ4n) is 2.21. The molecule has 2 rings (SSSR count). The summed E-state index contributed by atoms with van der Waals surface area (Å²) in [6.07, 6.45) is 1.56. The van der Waals surface area contributed by atoms with Crippen molar-refractivity contribution >= 4 is 5.69 Å². The molecule has 0 bridgehead atoms. The predicted molar refractivity (Wildman–Crippen MR) is 62.4 cm³/mol. The summed E-state index contributed by atoms with van der Waals surface area (Å²) in [7, 11) is 0. The zero-order valence-corrected chi connectivity index (χ0v) is 9.19. The first kappa shape index (κ1) is 11.2. The lowest BCUT2D eigenvalue weighted by atomic mass is 9.91. The van der Waals surface area contributed by atoms with Crippen molar-refractivity contribution in [3.8, 4) is 5.75 Å². The molecule has 1 saturated heterocycles. The molecule has 1 heterocycles. The van der Waals surface area contributed by atoms with Crippen molar-refractivity contribution in [2.75, 3.05) is 24.7 Å². The summed E-state index contributed by atoms with van der Waals surface area (Å²) in [5, 5.41) is 9.73. The quantitative estimate of drug-likeness (QED) is 0.803. The fraction of sp³-hybridized carbons (Fsp3) is 0.500. The van der Waals surface area contributed by atoms with Crippen LogP contribution >= 0.6 is 0 Å². The number of rotatable bonds is 2. The van der Waals surface area contributed by atoms with Gasteiger partial charge in [0.05, 0.1) is 11.2 Å². The largest absolute Gasteiger partial charge is 0.506 e. The number of benzene rings is 1. The maximum absolute atomic E-state index is 12.8. The van der Waals surface area contributed by atoms with E-state index in [4.69, 9.17) is 5.73 Å². The average Bonchev–Trinajstić information content (AvgIpc) is 2.30. The van der Waals surface area contributed by atoms with E-state index in [1.165, 1.54) is 0 Å². The first-order chi connectivity index (χ1) is 7.64. The van der Waals surface area contributed by atoms with Gasteiger partial charge >= 0.3 is 0 Å². The minimum Gasteiger partial charge on any atom is -0.506 e. The van der Waals surface area contributed by atoms with E-state index < -0.39 is 12.2 Å². The van der Waals surface area contributed by atoms with Gasteiger partial charge in [0.15, 0.2) is 0 Å². The number of alkyl halides is 1. The monoisotopic (exact) mass is 224 g/mol. The maximum Gasteiger partial charge on any atom is 0.138 e. The molecule has 1 aliphatic heterocycles. The zero-order valence-electron chi connectivity index (χ0n) is 9.19. The number of aromatic hydroxyl groups is 1. The third-order valence-electron chi connectivity index (χ3n) is 3.10. The Morgan fingerprint density at radius 1 is 1.44 bits per heavy atom. The Labute approximate surface area is 94.7 Å². The van der Waals surface area contributed by atoms with E-state index in [1.807, 2.05) is 17.0 Å². The Kier molecular flexibility index (Phi) is 3.01. The van der Waals surface area contributed by atoms with E-state index in [1.54, 1.807) is 12.1 Å². The highest BCUT2D eigenvalue weighted by molar-refractivity contribution is 5.58. The Balaban J connectivity index is 2.19. The van der Waals surface area contributed by atoms with Gasteiger partial charge in [-0.3, -0.25) is 0 Å². The molecule has 16 heavy (non-hydrogen) atoms. The van der Waals surface area contributed by atoms with Crippen LogP contribution in [0.15, 0.2) is 24.3 Å². The van der Waals surface area contributed by atoms with E-state index in [-0.39, 0.29) is 5.75 Å². The number of piperidine rings is 1. The van der Waals surface area contributed by atoms with Crippen molar-refractivity contribution in [3.63, 3.8) is 0 Å². The zero-order chi connectivity index (χ0) is 11.6. The van der Waals surface area contributed by atoms with E-state index in [9.17, 15) is 9.50 Å². The summed E-state index contributed by atoms with van der Waals surface area (Å²) >= 11 is 0. The highest BCUT2D eigenvalue weighted by Crippen LogP contribution is 2.31. The Bertz CT molecular complexity index is 372. The highest BCUT2D eigenvalue weighted by atomic mass is 19.1. The lowest BCUT2D eigenvalue weighted by Gasteiger charge is -2.39. The number of nitrogens with two attached hydrogens (primary N) is 1. The van der Waals surface area contributed by atoms with Gasteiger partial charge in [-0.1, -0.05) is 12.1 Å². The fourth-order valence-corrected chi connectivity index (χ4v) is 2.21. The number of phenolic OH excluding ortho intramolecular Hbond substituents is 1. The van der Waals surface area contributed by atoms with Crippen molar-refractivity contribution < 1.29 is 9.50 Å². The number of phenols is 1. The van der Waals surface area contributed by atoms with Crippen LogP contribution in [0.4, 0.5) is 10.1 Å². The first-order valence-electron chi connectivity index (χ1n) is 5.52. The number of hydrogen-bond donors (Lipinski definition) is 2. The average molecular weight is 224 g/mol. The van der Waals surface area contributed by atoms with Crippen molar-refractivity contribution in [1.29, 1.82) is 0 Å². The second-order valence-electron chi connectivity index (χ2n) is 4.51. The third kappa shape index (κ3) is 2.11. The summed E-state index contributed by atoms with van der Waals surface area (Å²) in [6.45, 7) is 0.759. The predicted octanol–water partition coefficient (Wildman–Crippen LogP) is 1.66. The van der Waals surface area contributed by atoms with Crippen molar-refractivity contribution in [2.45, 2.75) is 18.4 Å². The van der Waals surface area contributed by atoms with Crippen LogP contribution in [0, 0.1) is 0 Å². The molecule has 0 saturated carbocycles. The summed E-state index contributed by atoms with van der Waals surface area (Å²) in [5.41, 5.74) is 5.92. The molecule has 1 atom stereocenters. The van der Waals surface area contributed by atoms with Crippen LogP contribution in [0.25, 0.3) is 0 Å². The van der Waals surface area contributed by atoms with Crippen molar-refractivity contribution in [1.82, 2.24) is 0 Å². The Hall–Kier alpha value is -1.29. The molecule has 4 heteroatoms. The molecular weight excluding hydrogens is 207 g/mol. The van der Waals surface area contributed by atoms with E-state index in [2.05, 4.69) is 0 Å². The summed E-state index contributed by atoms with van der Waals surface area (Å²) in [5.74, 6) is 0.227.